The van der Waals surface area contributed by atoms with Gasteiger partial charge in [-0.05, 0) is 42.2 Å². The van der Waals surface area contributed by atoms with Crippen molar-refractivity contribution in [1.82, 2.24) is 15.5 Å². The highest BCUT2D eigenvalue weighted by Gasteiger charge is 2.25. The fourth-order valence-corrected chi connectivity index (χ4v) is 2.92. The lowest BCUT2D eigenvalue weighted by Gasteiger charge is -2.18. The quantitative estimate of drug-likeness (QED) is 0.638. The van der Waals surface area contributed by atoms with Gasteiger partial charge in [0.25, 0.3) is 0 Å². The van der Waals surface area contributed by atoms with Crippen LogP contribution in [-0.2, 0) is 11.2 Å². The smallest absolute Gasteiger partial charge is 0.249 e. The molecular weight excluding hydrogens is 381 g/mol. The van der Waals surface area contributed by atoms with Crippen LogP contribution < -0.4 is 5.32 Å². The van der Waals surface area contributed by atoms with Gasteiger partial charge in [-0.3, -0.25) is 4.79 Å². The minimum Gasteiger partial charge on any atom is -0.344 e. The van der Waals surface area contributed by atoms with Crippen LogP contribution >= 0.6 is 11.6 Å². The summed E-state index contributed by atoms with van der Waals surface area (Å²) in [7, 11) is 0. The third kappa shape index (κ3) is 4.75. The average molecular weight is 402 g/mol. The van der Waals surface area contributed by atoms with E-state index in [2.05, 4.69) is 15.5 Å². The standard InChI is InChI=1S/C21H21ClFN3O2/c1-12(2)19(24-18(27)10-14-5-8-16(23)9-6-14)21-25-20(26-28-21)15-7-4-13(3)17(22)11-15/h4-9,11-12,19H,10H2,1-3H3,(H,24,27). The Hall–Kier alpha value is -2.73. The minimum absolute atomic E-state index is 0.0343. The van der Waals surface area contributed by atoms with Crippen molar-refractivity contribution in [3.05, 3.63) is 70.3 Å². The van der Waals surface area contributed by atoms with Crippen molar-refractivity contribution < 1.29 is 13.7 Å². The number of nitrogens with one attached hydrogen (secondary N) is 1. The lowest BCUT2D eigenvalue weighted by molar-refractivity contribution is -0.121. The normalized spacial score (nSPS) is 12.2. The minimum atomic E-state index is -0.435. The number of carbonyl (C=O) groups excluding carboxylic acids is 1. The molecule has 0 fully saturated rings. The van der Waals surface area contributed by atoms with Crippen molar-refractivity contribution in [3.8, 4) is 11.4 Å². The van der Waals surface area contributed by atoms with E-state index in [1.54, 1.807) is 18.2 Å². The Balaban J connectivity index is 1.75. The second-order valence-electron chi connectivity index (χ2n) is 7.01. The van der Waals surface area contributed by atoms with Crippen LogP contribution in [-0.4, -0.2) is 16.0 Å². The van der Waals surface area contributed by atoms with Gasteiger partial charge >= 0.3 is 0 Å². The molecule has 0 bridgehead atoms. The van der Waals surface area contributed by atoms with Gasteiger partial charge < -0.3 is 9.84 Å². The number of hydrogen-bond acceptors (Lipinski definition) is 4. The van der Waals surface area contributed by atoms with Gasteiger partial charge in [0.15, 0.2) is 0 Å². The average Bonchev–Trinajstić information content (AvgIpc) is 3.13. The molecule has 28 heavy (non-hydrogen) atoms. The molecule has 3 aromatic rings. The van der Waals surface area contributed by atoms with Crippen molar-refractivity contribution in [2.24, 2.45) is 5.92 Å². The molecule has 3 rings (SSSR count). The van der Waals surface area contributed by atoms with Gasteiger partial charge in [0.1, 0.15) is 11.9 Å². The van der Waals surface area contributed by atoms with Crippen molar-refractivity contribution in [1.29, 1.82) is 0 Å². The number of nitrogens with zero attached hydrogens (tertiary/aromatic N) is 2. The molecule has 7 heteroatoms. The molecular formula is C21H21ClFN3O2. The number of amides is 1. The van der Waals surface area contributed by atoms with Crippen molar-refractivity contribution >= 4 is 17.5 Å². The Morgan fingerprint density at radius 1 is 1.21 bits per heavy atom. The Labute approximate surface area is 167 Å². The van der Waals surface area contributed by atoms with Gasteiger partial charge in [-0.2, -0.15) is 4.98 Å². The van der Waals surface area contributed by atoms with E-state index in [0.717, 1.165) is 16.7 Å². The number of carbonyl (C=O) groups is 1. The molecule has 0 radical (unpaired) electrons. The molecule has 146 valence electrons. The largest absolute Gasteiger partial charge is 0.344 e. The monoisotopic (exact) mass is 401 g/mol. The molecule has 1 heterocycles. The molecule has 0 spiro atoms. The zero-order chi connectivity index (χ0) is 20.3. The first-order chi connectivity index (χ1) is 13.3. The van der Waals surface area contributed by atoms with Crippen LogP contribution in [0.15, 0.2) is 47.0 Å². The van der Waals surface area contributed by atoms with Gasteiger partial charge in [-0.1, -0.05) is 54.9 Å². The van der Waals surface area contributed by atoms with Gasteiger partial charge in [0, 0.05) is 10.6 Å². The molecule has 0 saturated carbocycles. The highest BCUT2D eigenvalue weighted by Crippen LogP contribution is 2.26. The molecule has 5 nitrogen and oxygen atoms in total. The van der Waals surface area contributed by atoms with Crippen LogP contribution in [0.2, 0.25) is 5.02 Å². The molecule has 0 aliphatic rings. The van der Waals surface area contributed by atoms with Crippen LogP contribution in [0.4, 0.5) is 4.39 Å². The summed E-state index contributed by atoms with van der Waals surface area (Å²) in [4.78, 5) is 16.9. The summed E-state index contributed by atoms with van der Waals surface area (Å²) in [5.41, 5.74) is 2.43. The van der Waals surface area contributed by atoms with E-state index in [1.807, 2.05) is 32.9 Å². The topological polar surface area (TPSA) is 68.0 Å². The van der Waals surface area contributed by atoms with Gasteiger partial charge in [-0.25, -0.2) is 4.39 Å². The lowest BCUT2D eigenvalue weighted by atomic mass is 10.0. The van der Waals surface area contributed by atoms with E-state index in [-0.39, 0.29) is 24.1 Å². The SMILES string of the molecule is Cc1ccc(-c2noc(C(NC(=O)Cc3ccc(F)cc3)C(C)C)n2)cc1Cl. The van der Waals surface area contributed by atoms with Crippen molar-refractivity contribution in [2.45, 2.75) is 33.2 Å². The fourth-order valence-electron chi connectivity index (χ4n) is 2.74. The fraction of sp³-hybridized carbons (Fsp3) is 0.286. The summed E-state index contributed by atoms with van der Waals surface area (Å²) < 4.78 is 18.4. The molecule has 1 unspecified atom stereocenters. The number of halogens is 2. The first kappa shape index (κ1) is 20.0. The van der Waals surface area contributed by atoms with E-state index < -0.39 is 6.04 Å². The zero-order valence-corrected chi connectivity index (χ0v) is 16.6. The molecule has 1 amide bonds. The second kappa shape index (κ2) is 8.52. The molecule has 0 saturated heterocycles. The summed E-state index contributed by atoms with van der Waals surface area (Å²) in [6, 6.07) is 10.9. The predicted molar refractivity (Wildman–Crippen MR) is 105 cm³/mol. The van der Waals surface area contributed by atoms with Crippen molar-refractivity contribution in [3.63, 3.8) is 0 Å². The molecule has 1 aromatic heterocycles. The van der Waals surface area contributed by atoms with Gasteiger partial charge in [0.05, 0.1) is 6.42 Å². The van der Waals surface area contributed by atoms with E-state index in [4.69, 9.17) is 16.1 Å². The van der Waals surface area contributed by atoms with Crippen LogP contribution in [0.25, 0.3) is 11.4 Å². The summed E-state index contributed by atoms with van der Waals surface area (Å²) in [5.74, 6) is 0.235. The first-order valence-corrected chi connectivity index (χ1v) is 9.35. The van der Waals surface area contributed by atoms with E-state index >= 15 is 0 Å². The Bertz CT molecular complexity index is 970. The summed E-state index contributed by atoms with van der Waals surface area (Å²) >= 11 is 6.17. The predicted octanol–water partition coefficient (Wildman–Crippen LogP) is 4.89. The van der Waals surface area contributed by atoms with Crippen LogP contribution in [0.3, 0.4) is 0 Å². The maximum atomic E-state index is 13.0. The third-order valence-electron chi connectivity index (χ3n) is 4.40. The van der Waals surface area contributed by atoms with Gasteiger partial charge in [-0.15, -0.1) is 0 Å². The van der Waals surface area contributed by atoms with Crippen LogP contribution in [0, 0.1) is 18.7 Å². The number of aromatic nitrogens is 2. The first-order valence-electron chi connectivity index (χ1n) is 8.97. The second-order valence-corrected chi connectivity index (χ2v) is 7.42. The molecule has 1 atom stereocenters. The van der Waals surface area contributed by atoms with Crippen molar-refractivity contribution in [2.75, 3.05) is 0 Å². The molecule has 0 aliphatic carbocycles. The van der Waals surface area contributed by atoms with E-state index in [1.165, 1.54) is 12.1 Å². The number of benzene rings is 2. The maximum Gasteiger partial charge on any atom is 0.249 e. The lowest BCUT2D eigenvalue weighted by Crippen LogP contribution is -2.33. The maximum absolute atomic E-state index is 13.0. The van der Waals surface area contributed by atoms with E-state index in [9.17, 15) is 9.18 Å². The summed E-state index contributed by atoms with van der Waals surface area (Å²) in [6.45, 7) is 5.82. The van der Waals surface area contributed by atoms with Crippen LogP contribution in [0.1, 0.15) is 36.9 Å². The summed E-state index contributed by atoms with van der Waals surface area (Å²) in [6.07, 6.45) is 0.137. The Kier molecular flexibility index (Phi) is 6.09. The third-order valence-corrected chi connectivity index (χ3v) is 4.81. The Morgan fingerprint density at radius 3 is 2.57 bits per heavy atom. The summed E-state index contributed by atoms with van der Waals surface area (Å²) in [5, 5.41) is 7.57. The molecule has 2 aromatic carbocycles. The number of rotatable bonds is 6. The number of hydrogen-bond donors (Lipinski definition) is 1. The Morgan fingerprint density at radius 2 is 1.93 bits per heavy atom. The highest BCUT2D eigenvalue weighted by molar-refractivity contribution is 6.31. The van der Waals surface area contributed by atoms with E-state index in [0.29, 0.717) is 16.7 Å². The molecule has 1 N–H and O–H groups in total. The molecule has 0 aliphatic heterocycles. The zero-order valence-electron chi connectivity index (χ0n) is 15.9. The highest BCUT2D eigenvalue weighted by atomic mass is 35.5. The number of aryl methyl sites for hydroxylation is 1. The van der Waals surface area contributed by atoms with Gasteiger partial charge in [0.2, 0.25) is 17.6 Å². The van der Waals surface area contributed by atoms with Crippen LogP contribution in [0.5, 0.6) is 0 Å².